The average molecular weight is 251 g/mol. The van der Waals surface area contributed by atoms with Gasteiger partial charge in [0.2, 0.25) is 0 Å². The van der Waals surface area contributed by atoms with Gasteiger partial charge in [-0.05, 0) is 37.9 Å². The van der Waals surface area contributed by atoms with Gasteiger partial charge in [-0.2, -0.15) is 0 Å². The van der Waals surface area contributed by atoms with E-state index in [4.69, 9.17) is 0 Å². The first kappa shape index (κ1) is 14.5. The predicted octanol–water partition coefficient (Wildman–Crippen LogP) is 4.04. The van der Waals surface area contributed by atoms with Gasteiger partial charge in [0, 0.05) is 21.7 Å². The van der Waals surface area contributed by atoms with Crippen molar-refractivity contribution in [2.75, 3.05) is 13.1 Å². The summed E-state index contributed by atoms with van der Waals surface area (Å²) >= 11 is 1.94. The average Bonchev–Trinajstić information content (AvgIpc) is 2.77. The summed E-state index contributed by atoms with van der Waals surface area (Å²) in [5.41, 5.74) is 0.172. The van der Waals surface area contributed by atoms with Gasteiger partial charge in [-0.25, -0.2) is 0 Å². The maximum absolute atomic E-state index is 4.00. The Morgan fingerprint density at radius 3 is 2.59 bits per heavy atom. The Balaban J connectivity index is 2.57. The van der Waals surface area contributed by atoms with Crippen molar-refractivity contribution in [3.05, 3.63) is 34.5 Å². The van der Waals surface area contributed by atoms with Crippen LogP contribution in [-0.2, 0) is 12.8 Å². The van der Waals surface area contributed by atoms with Crippen LogP contribution in [0.2, 0.25) is 0 Å². The molecule has 2 heteroatoms. The van der Waals surface area contributed by atoms with E-state index in [2.05, 4.69) is 50.9 Å². The van der Waals surface area contributed by atoms with Gasteiger partial charge in [-0.3, -0.25) is 0 Å². The number of hydrogen-bond donors (Lipinski definition) is 1. The fourth-order valence-corrected chi connectivity index (χ4v) is 3.02. The van der Waals surface area contributed by atoms with Crippen LogP contribution in [0.4, 0.5) is 0 Å². The molecule has 0 amide bonds. The van der Waals surface area contributed by atoms with Crippen molar-refractivity contribution < 1.29 is 0 Å². The monoisotopic (exact) mass is 251 g/mol. The first-order chi connectivity index (χ1) is 8.13. The van der Waals surface area contributed by atoms with E-state index in [-0.39, 0.29) is 5.41 Å². The van der Waals surface area contributed by atoms with E-state index in [1.54, 1.807) is 0 Å². The van der Waals surface area contributed by atoms with Crippen molar-refractivity contribution in [1.29, 1.82) is 0 Å². The third kappa shape index (κ3) is 4.64. The molecule has 1 aromatic heterocycles. The van der Waals surface area contributed by atoms with Crippen LogP contribution in [0.25, 0.3) is 0 Å². The normalized spacial score (nSPS) is 14.5. The zero-order valence-corrected chi connectivity index (χ0v) is 12.2. The summed E-state index contributed by atoms with van der Waals surface area (Å²) in [7, 11) is 0. The highest BCUT2D eigenvalue weighted by Crippen LogP contribution is 2.27. The number of rotatable bonds is 8. The van der Waals surface area contributed by atoms with Gasteiger partial charge in [0.1, 0.15) is 0 Å². The van der Waals surface area contributed by atoms with Crippen LogP contribution in [-0.4, -0.2) is 13.1 Å². The molecule has 0 bridgehead atoms. The van der Waals surface area contributed by atoms with Crippen LogP contribution in [0.1, 0.15) is 36.9 Å². The largest absolute Gasteiger partial charge is 0.316 e. The highest BCUT2D eigenvalue weighted by Gasteiger charge is 2.21. The summed E-state index contributed by atoms with van der Waals surface area (Å²) < 4.78 is 0. The molecule has 0 aliphatic heterocycles. The Labute approximate surface area is 110 Å². The van der Waals surface area contributed by atoms with Gasteiger partial charge in [0.05, 0.1) is 0 Å². The molecule has 1 N–H and O–H groups in total. The van der Waals surface area contributed by atoms with E-state index in [9.17, 15) is 0 Å². The molecule has 96 valence electrons. The third-order valence-corrected chi connectivity index (χ3v) is 4.32. The van der Waals surface area contributed by atoms with Gasteiger partial charge >= 0.3 is 0 Å². The Morgan fingerprint density at radius 2 is 2.06 bits per heavy atom. The minimum Gasteiger partial charge on any atom is -0.316 e. The second kappa shape index (κ2) is 6.97. The van der Waals surface area contributed by atoms with Crippen LogP contribution < -0.4 is 5.32 Å². The highest BCUT2D eigenvalue weighted by atomic mass is 32.1. The lowest BCUT2D eigenvalue weighted by Crippen LogP contribution is -2.32. The molecule has 0 saturated carbocycles. The number of nitrogens with one attached hydrogen (secondary N) is 1. The van der Waals surface area contributed by atoms with Crippen molar-refractivity contribution in [2.24, 2.45) is 5.41 Å². The minimum atomic E-state index is 0.172. The number of hydrogen-bond acceptors (Lipinski definition) is 2. The molecule has 1 rings (SSSR count). The molecule has 0 radical (unpaired) electrons. The van der Waals surface area contributed by atoms with Crippen molar-refractivity contribution in [3.8, 4) is 0 Å². The highest BCUT2D eigenvalue weighted by molar-refractivity contribution is 7.11. The Hall–Kier alpha value is -0.600. The Morgan fingerprint density at radius 1 is 1.35 bits per heavy atom. The predicted molar refractivity (Wildman–Crippen MR) is 78.9 cm³/mol. The van der Waals surface area contributed by atoms with E-state index < -0.39 is 0 Å². The van der Waals surface area contributed by atoms with Crippen LogP contribution >= 0.6 is 11.3 Å². The first-order valence-electron chi connectivity index (χ1n) is 6.55. The minimum absolute atomic E-state index is 0.172. The quantitative estimate of drug-likeness (QED) is 0.543. The van der Waals surface area contributed by atoms with Gasteiger partial charge in [-0.1, -0.05) is 26.8 Å². The molecule has 1 atom stereocenters. The first-order valence-corrected chi connectivity index (χ1v) is 7.37. The maximum Gasteiger partial charge on any atom is 0.00571 e. The molecular formula is C15H25NS. The molecule has 0 aliphatic rings. The summed E-state index contributed by atoms with van der Waals surface area (Å²) in [5, 5.41) is 3.50. The molecule has 0 fully saturated rings. The smallest absolute Gasteiger partial charge is 0.00571 e. The summed E-state index contributed by atoms with van der Waals surface area (Å²) in [5.74, 6) is 0. The zero-order chi connectivity index (χ0) is 12.7. The molecule has 0 aliphatic carbocycles. The van der Waals surface area contributed by atoms with Gasteiger partial charge in [0.15, 0.2) is 0 Å². The molecule has 1 nitrogen and oxygen atoms in total. The lowest BCUT2D eigenvalue weighted by Gasteiger charge is -2.25. The fourth-order valence-electron chi connectivity index (χ4n) is 1.86. The van der Waals surface area contributed by atoms with E-state index in [0.29, 0.717) is 0 Å². The van der Waals surface area contributed by atoms with Crippen LogP contribution in [0.5, 0.6) is 0 Å². The Bertz CT molecular complexity index is 342. The number of aryl methyl sites for hydroxylation is 1. The van der Waals surface area contributed by atoms with Gasteiger partial charge in [0.25, 0.3) is 0 Å². The van der Waals surface area contributed by atoms with Crippen LogP contribution in [0.15, 0.2) is 24.8 Å². The van der Waals surface area contributed by atoms with Crippen molar-refractivity contribution in [1.82, 2.24) is 5.32 Å². The summed E-state index contributed by atoms with van der Waals surface area (Å²) in [4.78, 5) is 2.95. The third-order valence-electron chi connectivity index (χ3n) is 3.09. The zero-order valence-electron chi connectivity index (χ0n) is 11.4. The summed E-state index contributed by atoms with van der Waals surface area (Å²) in [6, 6.07) is 4.52. The SMILES string of the molecule is C=CC(C)(CNCCC)Cc1ccc(CC)s1. The molecule has 1 heterocycles. The second-order valence-corrected chi connectivity index (χ2v) is 6.19. The maximum atomic E-state index is 4.00. The lowest BCUT2D eigenvalue weighted by molar-refractivity contribution is 0.394. The standard InChI is InChI=1S/C15H25NS/c1-5-10-16-12-15(4,7-3)11-14-9-8-13(6-2)17-14/h7-9,16H,3,5-6,10-12H2,1-2,4H3. The molecule has 0 saturated heterocycles. The second-order valence-electron chi connectivity index (χ2n) is 4.93. The van der Waals surface area contributed by atoms with Crippen molar-refractivity contribution in [3.63, 3.8) is 0 Å². The van der Waals surface area contributed by atoms with Gasteiger partial charge < -0.3 is 5.32 Å². The molecular weight excluding hydrogens is 226 g/mol. The molecule has 17 heavy (non-hydrogen) atoms. The van der Waals surface area contributed by atoms with Gasteiger partial charge in [-0.15, -0.1) is 17.9 Å². The van der Waals surface area contributed by atoms with E-state index >= 15 is 0 Å². The van der Waals surface area contributed by atoms with Crippen LogP contribution in [0, 0.1) is 5.41 Å². The van der Waals surface area contributed by atoms with E-state index in [1.165, 1.54) is 16.2 Å². The molecule has 0 spiro atoms. The van der Waals surface area contributed by atoms with Crippen molar-refractivity contribution in [2.45, 2.75) is 40.0 Å². The summed E-state index contributed by atoms with van der Waals surface area (Å²) in [6.45, 7) is 12.8. The summed E-state index contributed by atoms with van der Waals surface area (Å²) in [6.07, 6.45) is 5.52. The molecule has 1 unspecified atom stereocenters. The Kier molecular flexibility index (Phi) is 5.93. The van der Waals surface area contributed by atoms with E-state index in [1.807, 2.05) is 11.3 Å². The fraction of sp³-hybridized carbons (Fsp3) is 0.600. The number of thiophene rings is 1. The molecule has 0 aromatic carbocycles. The lowest BCUT2D eigenvalue weighted by atomic mass is 9.86. The van der Waals surface area contributed by atoms with Crippen molar-refractivity contribution >= 4 is 11.3 Å². The van der Waals surface area contributed by atoms with Crippen LogP contribution in [0.3, 0.4) is 0 Å². The van der Waals surface area contributed by atoms with E-state index in [0.717, 1.165) is 25.9 Å². The topological polar surface area (TPSA) is 12.0 Å². The molecule has 1 aromatic rings.